The zero-order chi connectivity index (χ0) is 10.8. The Morgan fingerprint density at radius 3 is 0.938 bits per heavy atom. The van der Waals surface area contributed by atoms with Gasteiger partial charge in [0.1, 0.15) is 0 Å². The van der Waals surface area contributed by atoms with Crippen molar-refractivity contribution in [1.29, 1.82) is 0 Å². The lowest BCUT2D eigenvalue weighted by Crippen LogP contribution is -2.01. The number of rotatable bonds is 0. The van der Waals surface area contributed by atoms with Crippen molar-refractivity contribution in [1.82, 2.24) is 0 Å². The molecule has 0 atom stereocenters. The first kappa shape index (κ1) is 9.80. The van der Waals surface area contributed by atoms with E-state index in [4.69, 9.17) is 0 Å². The zero-order valence-electron chi connectivity index (χ0n) is 9.66. The van der Waals surface area contributed by atoms with E-state index in [1.54, 1.807) is 0 Å². The lowest BCUT2D eigenvalue weighted by atomic mass is 9.87. The van der Waals surface area contributed by atoms with E-state index in [2.05, 4.69) is 23.7 Å². The summed E-state index contributed by atoms with van der Waals surface area (Å²) in [5.74, 6) is 13.6. The Hall–Kier alpha value is -1.40. The third-order valence-electron chi connectivity index (χ3n) is 3.66. The molecule has 0 bridgehead atoms. The van der Waals surface area contributed by atoms with Crippen LogP contribution in [0.5, 0.6) is 0 Å². The van der Waals surface area contributed by atoms with Crippen LogP contribution in [-0.2, 0) is 0 Å². The highest BCUT2D eigenvalue weighted by Crippen LogP contribution is 2.28. The van der Waals surface area contributed by atoms with Gasteiger partial charge < -0.3 is 0 Å². The van der Waals surface area contributed by atoms with Crippen molar-refractivity contribution in [3.63, 3.8) is 0 Å². The van der Waals surface area contributed by atoms with E-state index in [-0.39, 0.29) is 0 Å². The van der Waals surface area contributed by atoms with Gasteiger partial charge in [0, 0.05) is 22.3 Å². The Bertz CT molecular complexity index is 404. The fraction of sp³-hybridized carbons (Fsp3) is 0.500. The predicted molar refractivity (Wildman–Crippen MR) is 66.5 cm³/mol. The van der Waals surface area contributed by atoms with E-state index >= 15 is 0 Å². The highest BCUT2D eigenvalue weighted by atomic mass is 14.2. The summed E-state index contributed by atoms with van der Waals surface area (Å²) < 4.78 is 0. The molecule has 0 saturated heterocycles. The fourth-order valence-electron chi connectivity index (χ4n) is 2.66. The number of hydrogen-bond acceptors (Lipinski definition) is 0. The van der Waals surface area contributed by atoms with Crippen LogP contribution in [-0.4, -0.2) is 0 Å². The van der Waals surface area contributed by atoms with Gasteiger partial charge in [-0.3, -0.25) is 0 Å². The van der Waals surface area contributed by atoms with Crippen LogP contribution >= 0.6 is 0 Å². The molecule has 0 spiro atoms. The van der Waals surface area contributed by atoms with E-state index in [9.17, 15) is 0 Å². The van der Waals surface area contributed by atoms with Gasteiger partial charge in [0.15, 0.2) is 0 Å². The van der Waals surface area contributed by atoms with Crippen molar-refractivity contribution in [3.05, 3.63) is 22.3 Å². The maximum absolute atomic E-state index is 3.39. The third kappa shape index (κ3) is 1.81. The van der Waals surface area contributed by atoms with Crippen molar-refractivity contribution >= 4 is 0 Å². The minimum atomic E-state index is 1.15. The Morgan fingerprint density at radius 1 is 0.438 bits per heavy atom. The van der Waals surface area contributed by atoms with Crippen LogP contribution in [0.15, 0.2) is 22.3 Å². The molecule has 0 N–H and O–H groups in total. The van der Waals surface area contributed by atoms with Crippen molar-refractivity contribution in [2.45, 2.75) is 51.4 Å². The van der Waals surface area contributed by atoms with E-state index in [1.165, 1.54) is 48.0 Å². The maximum Gasteiger partial charge on any atom is 0.0139 e. The summed E-state index contributed by atoms with van der Waals surface area (Å²) in [6.45, 7) is 0. The SMILES string of the molecule is C1#CC2=C(C#CC3=C1CCCC3)CCCC2. The maximum atomic E-state index is 3.39. The summed E-state index contributed by atoms with van der Waals surface area (Å²) in [5.41, 5.74) is 5.32. The quantitative estimate of drug-likeness (QED) is 0.532. The Balaban J connectivity index is 2.01. The average molecular weight is 208 g/mol. The second-order valence-corrected chi connectivity index (χ2v) is 4.83. The highest BCUT2D eigenvalue weighted by Gasteiger charge is 2.13. The molecule has 0 heterocycles. The van der Waals surface area contributed by atoms with E-state index in [0.717, 1.165) is 25.7 Å². The van der Waals surface area contributed by atoms with Gasteiger partial charge in [0.2, 0.25) is 0 Å². The molecule has 3 aliphatic rings. The fourth-order valence-corrected chi connectivity index (χ4v) is 2.66. The van der Waals surface area contributed by atoms with Gasteiger partial charge in [0.05, 0.1) is 0 Å². The lowest BCUT2D eigenvalue weighted by Gasteiger charge is -2.16. The molecule has 0 nitrogen and oxygen atoms in total. The Kier molecular flexibility index (Phi) is 2.59. The van der Waals surface area contributed by atoms with Crippen LogP contribution < -0.4 is 0 Å². The molecule has 0 aromatic carbocycles. The van der Waals surface area contributed by atoms with Crippen LogP contribution in [0.2, 0.25) is 0 Å². The number of hydrogen-bond donors (Lipinski definition) is 0. The second kappa shape index (κ2) is 4.23. The van der Waals surface area contributed by atoms with Crippen molar-refractivity contribution in [2.75, 3.05) is 0 Å². The molecule has 0 unspecified atom stereocenters. The summed E-state index contributed by atoms with van der Waals surface area (Å²) >= 11 is 0. The molecule has 0 heteroatoms. The van der Waals surface area contributed by atoms with Crippen LogP contribution in [0, 0.1) is 23.7 Å². The molecular weight excluding hydrogens is 192 g/mol. The van der Waals surface area contributed by atoms with Gasteiger partial charge in [-0.25, -0.2) is 0 Å². The van der Waals surface area contributed by atoms with Gasteiger partial charge in [-0.2, -0.15) is 0 Å². The van der Waals surface area contributed by atoms with E-state index < -0.39 is 0 Å². The lowest BCUT2D eigenvalue weighted by molar-refractivity contribution is 0.693. The van der Waals surface area contributed by atoms with E-state index in [1.807, 2.05) is 0 Å². The normalized spacial score (nSPS) is 23.0. The van der Waals surface area contributed by atoms with Gasteiger partial charge in [-0.15, -0.1) is 0 Å². The predicted octanol–water partition coefficient (Wildman–Crippen LogP) is 3.75. The van der Waals surface area contributed by atoms with Gasteiger partial charge in [-0.05, 0) is 51.4 Å². The molecule has 0 fully saturated rings. The largest absolute Gasteiger partial charge is 0.0655 e. The smallest absolute Gasteiger partial charge is 0.0139 e. The summed E-state index contributed by atoms with van der Waals surface area (Å²) in [6.07, 6.45) is 9.78. The highest BCUT2D eigenvalue weighted by molar-refractivity contribution is 5.55. The molecule has 0 amide bonds. The van der Waals surface area contributed by atoms with Crippen molar-refractivity contribution < 1.29 is 0 Å². The molecule has 0 radical (unpaired) electrons. The topological polar surface area (TPSA) is 0 Å². The van der Waals surface area contributed by atoms with Crippen LogP contribution in [0.25, 0.3) is 0 Å². The molecule has 3 aliphatic carbocycles. The summed E-state index contributed by atoms with van der Waals surface area (Å²) in [5, 5.41) is 0. The summed E-state index contributed by atoms with van der Waals surface area (Å²) in [6, 6.07) is 0. The molecule has 0 aliphatic heterocycles. The van der Waals surface area contributed by atoms with Gasteiger partial charge >= 0.3 is 0 Å². The summed E-state index contributed by atoms with van der Waals surface area (Å²) in [4.78, 5) is 0. The first-order chi connectivity index (χ1) is 7.93. The van der Waals surface area contributed by atoms with Crippen LogP contribution in [0.4, 0.5) is 0 Å². The number of allylic oxidation sites excluding steroid dienone is 4. The molecule has 0 saturated carbocycles. The van der Waals surface area contributed by atoms with Gasteiger partial charge in [-0.1, -0.05) is 23.7 Å². The third-order valence-corrected chi connectivity index (χ3v) is 3.66. The minimum Gasteiger partial charge on any atom is -0.0655 e. The zero-order valence-corrected chi connectivity index (χ0v) is 9.66. The molecule has 0 aromatic rings. The average Bonchev–Trinajstić information content (AvgIpc) is 2.32. The molecule has 3 rings (SSSR count). The van der Waals surface area contributed by atoms with Gasteiger partial charge in [0.25, 0.3) is 0 Å². The molecule has 0 aromatic heterocycles. The van der Waals surface area contributed by atoms with Crippen LogP contribution in [0.1, 0.15) is 51.4 Å². The second-order valence-electron chi connectivity index (χ2n) is 4.83. The Morgan fingerprint density at radius 2 is 0.688 bits per heavy atom. The molecule has 80 valence electrons. The first-order valence-corrected chi connectivity index (χ1v) is 6.41. The van der Waals surface area contributed by atoms with Crippen molar-refractivity contribution in [2.24, 2.45) is 0 Å². The molecular formula is C16H16. The Labute approximate surface area is 97.8 Å². The monoisotopic (exact) mass is 208 g/mol. The van der Waals surface area contributed by atoms with Crippen molar-refractivity contribution in [3.8, 4) is 23.7 Å². The molecule has 16 heavy (non-hydrogen) atoms. The van der Waals surface area contributed by atoms with E-state index in [0.29, 0.717) is 0 Å². The minimum absolute atomic E-state index is 1.15. The van der Waals surface area contributed by atoms with Crippen LogP contribution in [0.3, 0.4) is 0 Å². The first-order valence-electron chi connectivity index (χ1n) is 6.41. The summed E-state index contributed by atoms with van der Waals surface area (Å²) in [7, 11) is 0. The standard InChI is InChI=1S/C16H16/c1-2-6-14-11-12-16-8-4-3-7-15(16)10-9-13(14)5-1/h1-8H2.